The molecular formula is C23H26N2O6. The zero-order valence-corrected chi connectivity index (χ0v) is 17.6. The maximum absolute atomic E-state index is 13.1. The number of hydrogen-bond donors (Lipinski definition) is 1. The number of nitro benzene ring substituents is 1. The number of ether oxygens (including phenoxy) is 1. The van der Waals surface area contributed by atoms with Gasteiger partial charge in [-0.2, -0.15) is 0 Å². The van der Waals surface area contributed by atoms with Gasteiger partial charge in [-0.3, -0.25) is 19.7 Å². The fourth-order valence-corrected chi connectivity index (χ4v) is 5.05. The Morgan fingerprint density at radius 1 is 1.10 bits per heavy atom. The molecule has 2 aliphatic carbocycles. The quantitative estimate of drug-likeness (QED) is 0.419. The summed E-state index contributed by atoms with van der Waals surface area (Å²) in [5.74, 6) is -1.07. The van der Waals surface area contributed by atoms with Crippen LogP contribution in [0.4, 0.5) is 5.69 Å². The summed E-state index contributed by atoms with van der Waals surface area (Å²) < 4.78 is 5.20. The number of ketones is 2. The molecule has 4 rings (SSSR count). The van der Waals surface area contributed by atoms with Gasteiger partial charge < -0.3 is 14.7 Å². The zero-order chi connectivity index (χ0) is 22.1. The van der Waals surface area contributed by atoms with Crippen LogP contribution >= 0.6 is 0 Å². The van der Waals surface area contributed by atoms with Gasteiger partial charge in [0.05, 0.1) is 4.92 Å². The molecule has 1 heterocycles. The SMILES string of the molecule is COCCCN1C2=C(C(=O)CCC2)C(c2ccc(O)c([N+](=O)[O-])c2)C2=C1CCCC2=O. The molecule has 1 aromatic carbocycles. The number of aromatic hydroxyl groups is 1. The number of allylic oxidation sites excluding steroid dienone is 4. The van der Waals surface area contributed by atoms with Crippen LogP contribution in [-0.4, -0.2) is 46.8 Å². The molecule has 31 heavy (non-hydrogen) atoms. The molecule has 8 nitrogen and oxygen atoms in total. The first-order valence-electron chi connectivity index (χ1n) is 10.7. The monoisotopic (exact) mass is 426 g/mol. The van der Waals surface area contributed by atoms with Crippen molar-refractivity contribution in [1.29, 1.82) is 0 Å². The van der Waals surface area contributed by atoms with Gasteiger partial charge in [-0.25, -0.2) is 0 Å². The number of hydrogen-bond acceptors (Lipinski definition) is 7. The molecular weight excluding hydrogens is 400 g/mol. The van der Waals surface area contributed by atoms with Gasteiger partial charge in [0.1, 0.15) is 0 Å². The molecule has 1 N–H and O–H groups in total. The van der Waals surface area contributed by atoms with Gasteiger partial charge in [0.25, 0.3) is 0 Å². The molecule has 0 radical (unpaired) electrons. The Labute approximate surface area is 180 Å². The lowest BCUT2D eigenvalue weighted by molar-refractivity contribution is -0.385. The molecule has 0 atom stereocenters. The highest BCUT2D eigenvalue weighted by Crippen LogP contribution is 2.49. The standard InChI is InChI=1S/C23H26N2O6/c1-31-12-4-11-24-15-5-2-7-19(27)22(15)21(23-16(24)6-3-8-20(23)28)14-9-10-18(26)17(13-14)25(29)30/h9-10,13,21,26H,2-8,11-12H2,1H3. The Morgan fingerprint density at radius 2 is 1.71 bits per heavy atom. The molecule has 1 aromatic rings. The van der Waals surface area contributed by atoms with E-state index in [0.717, 1.165) is 43.5 Å². The molecule has 8 heteroatoms. The van der Waals surface area contributed by atoms with E-state index in [4.69, 9.17) is 4.74 Å². The lowest BCUT2D eigenvalue weighted by atomic mass is 9.71. The molecule has 0 aromatic heterocycles. The van der Waals surface area contributed by atoms with Crippen LogP contribution in [0.25, 0.3) is 0 Å². The van der Waals surface area contributed by atoms with E-state index in [1.165, 1.54) is 12.1 Å². The van der Waals surface area contributed by atoms with Crippen molar-refractivity contribution in [1.82, 2.24) is 4.90 Å². The molecule has 0 spiro atoms. The van der Waals surface area contributed by atoms with Crippen LogP contribution in [0.2, 0.25) is 0 Å². The number of phenolic OH excluding ortho intramolecular Hbond substituents is 1. The summed E-state index contributed by atoms with van der Waals surface area (Å²) in [7, 11) is 1.65. The number of Topliss-reactive ketones (excluding diaryl/α,β-unsaturated/α-hetero) is 2. The van der Waals surface area contributed by atoms with E-state index in [0.29, 0.717) is 42.7 Å². The van der Waals surface area contributed by atoms with Gasteiger partial charge in [0, 0.05) is 67.6 Å². The number of methoxy groups -OCH3 is 1. The Hall–Kier alpha value is -3.00. The molecule has 0 amide bonds. The number of phenols is 1. The van der Waals surface area contributed by atoms with Crippen LogP contribution in [0.3, 0.4) is 0 Å². The first-order valence-corrected chi connectivity index (χ1v) is 10.7. The maximum Gasteiger partial charge on any atom is 0.310 e. The fourth-order valence-electron chi connectivity index (χ4n) is 5.05. The highest BCUT2D eigenvalue weighted by molar-refractivity contribution is 6.06. The predicted octanol–water partition coefficient (Wildman–Crippen LogP) is 3.75. The second-order valence-corrected chi connectivity index (χ2v) is 8.21. The minimum Gasteiger partial charge on any atom is -0.502 e. The lowest BCUT2D eigenvalue weighted by Crippen LogP contribution is -2.39. The average molecular weight is 426 g/mol. The largest absolute Gasteiger partial charge is 0.502 e. The lowest BCUT2D eigenvalue weighted by Gasteiger charge is -2.44. The Kier molecular flexibility index (Phi) is 5.91. The highest BCUT2D eigenvalue weighted by Gasteiger charge is 2.43. The predicted molar refractivity (Wildman–Crippen MR) is 112 cm³/mol. The minimum absolute atomic E-state index is 0.0105. The second kappa shape index (κ2) is 8.63. The summed E-state index contributed by atoms with van der Waals surface area (Å²) in [6, 6.07) is 4.17. The van der Waals surface area contributed by atoms with E-state index in [1.54, 1.807) is 13.2 Å². The first-order chi connectivity index (χ1) is 14.9. The smallest absolute Gasteiger partial charge is 0.310 e. The van der Waals surface area contributed by atoms with Crippen LogP contribution in [0.15, 0.2) is 40.7 Å². The van der Waals surface area contributed by atoms with Crippen LogP contribution in [-0.2, 0) is 14.3 Å². The fraction of sp³-hybridized carbons (Fsp3) is 0.478. The van der Waals surface area contributed by atoms with E-state index in [1.807, 2.05) is 0 Å². The molecule has 0 unspecified atom stereocenters. The number of rotatable bonds is 6. The van der Waals surface area contributed by atoms with E-state index in [9.17, 15) is 24.8 Å². The molecule has 3 aliphatic rings. The van der Waals surface area contributed by atoms with Crippen molar-refractivity contribution in [2.75, 3.05) is 20.3 Å². The third-order valence-corrected chi connectivity index (χ3v) is 6.35. The molecule has 1 aliphatic heterocycles. The minimum atomic E-state index is -0.644. The average Bonchev–Trinajstić information content (AvgIpc) is 2.74. The molecule has 0 bridgehead atoms. The highest BCUT2D eigenvalue weighted by atomic mass is 16.6. The van der Waals surface area contributed by atoms with Crippen LogP contribution < -0.4 is 0 Å². The summed E-state index contributed by atoms with van der Waals surface area (Å²) >= 11 is 0. The number of carbonyl (C=O) groups is 2. The van der Waals surface area contributed by atoms with Crippen molar-refractivity contribution < 1.29 is 24.4 Å². The van der Waals surface area contributed by atoms with Gasteiger partial charge in [0.2, 0.25) is 0 Å². The maximum atomic E-state index is 13.1. The van der Waals surface area contributed by atoms with Crippen LogP contribution in [0.1, 0.15) is 56.4 Å². The van der Waals surface area contributed by atoms with Gasteiger partial charge in [-0.05, 0) is 43.7 Å². The van der Waals surface area contributed by atoms with E-state index in [-0.39, 0.29) is 11.6 Å². The van der Waals surface area contributed by atoms with Crippen molar-refractivity contribution in [2.24, 2.45) is 0 Å². The second-order valence-electron chi connectivity index (χ2n) is 8.21. The Morgan fingerprint density at radius 3 is 2.26 bits per heavy atom. The van der Waals surface area contributed by atoms with Crippen LogP contribution in [0.5, 0.6) is 5.75 Å². The summed E-state index contributed by atoms with van der Waals surface area (Å²) in [5.41, 5.74) is 3.11. The third kappa shape index (κ3) is 3.76. The molecule has 0 fully saturated rings. The van der Waals surface area contributed by atoms with E-state index >= 15 is 0 Å². The molecule has 164 valence electrons. The molecule has 0 saturated heterocycles. The van der Waals surface area contributed by atoms with Gasteiger partial charge >= 0.3 is 5.69 Å². The van der Waals surface area contributed by atoms with E-state index in [2.05, 4.69) is 4.90 Å². The van der Waals surface area contributed by atoms with Gasteiger partial charge in [-0.15, -0.1) is 0 Å². The number of nitrogens with zero attached hydrogens (tertiary/aromatic N) is 2. The van der Waals surface area contributed by atoms with Crippen molar-refractivity contribution in [3.05, 3.63) is 56.4 Å². The Bertz CT molecular complexity index is 965. The normalized spacial score (nSPS) is 19.6. The number of carbonyl (C=O) groups excluding carboxylic acids is 2. The zero-order valence-electron chi connectivity index (χ0n) is 17.6. The Balaban J connectivity index is 1.90. The van der Waals surface area contributed by atoms with Gasteiger partial charge in [0.15, 0.2) is 17.3 Å². The van der Waals surface area contributed by atoms with Crippen LogP contribution in [0, 0.1) is 10.1 Å². The van der Waals surface area contributed by atoms with Crippen molar-refractivity contribution in [2.45, 2.75) is 50.9 Å². The first kappa shape index (κ1) is 21.2. The van der Waals surface area contributed by atoms with E-state index < -0.39 is 22.3 Å². The van der Waals surface area contributed by atoms with Crippen molar-refractivity contribution in [3.8, 4) is 5.75 Å². The molecule has 0 saturated carbocycles. The van der Waals surface area contributed by atoms with Crippen molar-refractivity contribution in [3.63, 3.8) is 0 Å². The third-order valence-electron chi connectivity index (χ3n) is 6.35. The topological polar surface area (TPSA) is 110 Å². The number of benzene rings is 1. The summed E-state index contributed by atoms with van der Waals surface area (Å²) in [6.45, 7) is 1.24. The van der Waals surface area contributed by atoms with Crippen molar-refractivity contribution >= 4 is 17.3 Å². The summed E-state index contributed by atoms with van der Waals surface area (Å²) in [6.07, 6.45) is 4.53. The summed E-state index contributed by atoms with van der Waals surface area (Å²) in [5, 5.41) is 21.3. The van der Waals surface area contributed by atoms with Gasteiger partial charge in [-0.1, -0.05) is 6.07 Å². The number of nitro groups is 1. The summed E-state index contributed by atoms with van der Waals surface area (Å²) in [4.78, 5) is 39.2.